The van der Waals surface area contributed by atoms with Crippen molar-refractivity contribution in [1.82, 2.24) is 4.98 Å². The number of H-pyrrole nitrogens is 1. The minimum Gasteiger partial charge on any atom is -0.497 e. The van der Waals surface area contributed by atoms with Gasteiger partial charge in [0.15, 0.2) is 5.43 Å². The van der Waals surface area contributed by atoms with E-state index in [-0.39, 0.29) is 5.43 Å². The number of aromatic nitrogens is 1. The van der Waals surface area contributed by atoms with Gasteiger partial charge in [0.05, 0.1) is 12.8 Å². The molecule has 0 saturated heterocycles. The molecule has 3 rings (SSSR count). The van der Waals surface area contributed by atoms with Gasteiger partial charge in [0, 0.05) is 27.9 Å². The van der Waals surface area contributed by atoms with Gasteiger partial charge in [-0.05, 0) is 29.6 Å². The van der Waals surface area contributed by atoms with Crippen molar-refractivity contribution in [3.8, 4) is 17.0 Å². The quantitative estimate of drug-likeness (QED) is 0.765. The molecule has 0 saturated carbocycles. The molecule has 0 amide bonds. The standard InChI is InChI=1S/C14H11NO2S/c1-17-10-2-3-12-11(6-10)14(16)7-13(15-12)9-4-5-18-8-9/h2-8H,1H3,(H,15,16). The molecule has 0 aliphatic carbocycles. The van der Waals surface area contributed by atoms with E-state index in [0.717, 1.165) is 16.8 Å². The first-order valence-electron chi connectivity index (χ1n) is 5.51. The summed E-state index contributed by atoms with van der Waals surface area (Å²) in [7, 11) is 1.59. The number of methoxy groups -OCH3 is 1. The zero-order chi connectivity index (χ0) is 12.5. The van der Waals surface area contributed by atoms with Gasteiger partial charge in [0.25, 0.3) is 0 Å². The second-order valence-corrected chi connectivity index (χ2v) is 4.75. The molecule has 0 bridgehead atoms. The summed E-state index contributed by atoms with van der Waals surface area (Å²) >= 11 is 1.61. The third-order valence-corrected chi connectivity index (χ3v) is 3.55. The molecule has 0 aliphatic heterocycles. The van der Waals surface area contributed by atoms with Gasteiger partial charge >= 0.3 is 0 Å². The van der Waals surface area contributed by atoms with E-state index in [9.17, 15) is 4.79 Å². The first-order chi connectivity index (χ1) is 8.78. The molecule has 1 N–H and O–H groups in total. The van der Waals surface area contributed by atoms with Crippen molar-refractivity contribution in [2.45, 2.75) is 0 Å². The Morgan fingerprint density at radius 1 is 1.22 bits per heavy atom. The number of rotatable bonds is 2. The fourth-order valence-corrected chi connectivity index (χ4v) is 2.58. The molecule has 1 aromatic carbocycles. The Morgan fingerprint density at radius 3 is 2.83 bits per heavy atom. The molecule has 0 spiro atoms. The van der Waals surface area contributed by atoms with Crippen molar-refractivity contribution in [2.75, 3.05) is 7.11 Å². The Hall–Kier alpha value is -2.07. The largest absolute Gasteiger partial charge is 0.497 e. The molecule has 0 atom stereocenters. The van der Waals surface area contributed by atoms with E-state index in [1.807, 2.05) is 29.0 Å². The van der Waals surface area contributed by atoms with Gasteiger partial charge in [-0.2, -0.15) is 11.3 Å². The molecule has 3 nitrogen and oxygen atoms in total. The van der Waals surface area contributed by atoms with Crippen molar-refractivity contribution in [1.29, 1.82) is 0 Å². The van der Waals surface area contributed by atoms with Crippen LogP contribution in [-0.2, 0) is 0 Å². The fourth-order valence-electron chi connectivity index (χ4n) is 1.93. The highest BCUT2D eigenvalue weighted by atomic mass is 32.1. The Labute approximate surface area is 108 Å². The summed E-state index contributed by atoms with van der Waals surface area (Å²) in [6.45, 7) is 0. The summed E-state index contributed by atoms with van der Waals surface area (Å²) in [6, 6.07) is 9.09. The lowest BCUT2D eigenvalue weighted by molar-refractivity contribution is 0.415. The topological polar surface area (TPSA) is 42.1 Å². The van der Waals surface area contributed by atoms with Crippen LogP contribution in [0, 0.1) is 0 Å². The van der Waals surface area contributed by atoms with E-state index >= 15 is 0 Å². The van der Waals surface area contributed by atoms with Crippen LogP contribution in [-0.4, -0.2) is 12.1 Å². The van der Waals surface area contributed by atoms with Gasteiger partial charge in [-0.1, -0.05) is 0 Å². The first-order valence-corrected chi connectivity index (χ1v) is 6.46. The highest BCUT2D eigenvalue weighted by Gasteiger charge is 2.05. The lowest BCUT2D eigenvalue weighted by atomic mass is 10.1. The summed E-state index contributed by atoms with van der Waals surface area (Å²) in [4.78, 5) is 15.4. The number of fused-ring (bicyclic) bond motifs is 1. The average Bonchev–Trinajstić information content (AvgIpc) is 2.92. The number of hydrogen-bond acceptors (Lipinski definition) is 3. The SMILES string of the molecule is COc1ccc2[nH]c(-c3ccsc3)cc(=O)c2c1. The van der Waals surface area contributed by atoms with Crippen LogP contribution in [0.2, 0.25) is 0 Å². The maximum absolute atomic E-state index is 12.1. The predicted molar refractivity (Wildman–Crippen MR) is 74.4 cm³/mol. The zero-order valence-corrected chi connectivity index (χ0v) is 10.6. The van der Waals surface area contributed by atoms with E-state index in [2.05, 4.69) is 4.98 Å². The smallest absolute Gasteiger partial charge is 0.190 e. The summed E-state index contributed by atoms with van der Waals surface area (Å²) in [5.74, 6) is 0.691. The van der Waals surface area contributed by atoms with Gasteiger partial charge in [-0.3, -0.25) is 4.79 Å². The van der Waals surface area contributed by atoms with Crippen molar-refractivity contribution in [3.63, 3.8) is 0 Å². The second-order valence-electron chi connectivity index (χ2n) is 3.97. The number of nitrogens with one attached hydrogen (secondary N) is 1. The summed E-state index contributed by atoms with van der Waals surface area (Å²) in [6.07, 6.45) is 0. The lowest BCUT2D eigenvalue weighted by Gasteiger charge is -2.04. The number of thiophene rings is 1. The van der Waals surface area contributed by atoms with Crippen LogP contribution in [0.15, 0.2) is 45.9 Å². The van der Waals surface area contributed by atoms with E-state index in [1.54, 1.807) is 30.6 Å². The van der Waals surface area contributed by atoms with E-state index < -0.39 is 0 Å². The van der Waals surface area contributed by atoms with E-state index in [1.165, 1.54) is 0 Å². The minimum absolute atomic E-state index is 0.00356. The molecule has 0 fully saturated rings. The van der Waals surface area contributed by atoms with Crippen LogP contribution >= 0.6 is 11.3 Å². The monoisotopic (exact) mass is 257 g/mol. The maximum Gasteiger partial charge on any atom is 0.190 e. The summed E-state index contributed by atoms with van der Waals surface area (Å²) < 4.78 is 5.13. The Balaban J connectivity index is 2.26. The Bertz CT molecular complexity index is 744. The Kier molecular flexibility index (Phi) is 2.64. The number of ether oxygens (including phenoxy) is 1. The van der Waals surface area contributed by atoms with Gasteiger partial charge < -0.3 is 9.72 Å². The first kappa shape index (κ1) is 11.0. The number of hydrogen-bond donors (Lipinski definition) is 1. The zero-order valence-electron chi connectivity index (χ0n) is 9.77. The third kappa shape index (κ3) is 1.80. The Morgan fingerprint density at radius 2 is 2.11 bits per heavy atom. The number of aromatic amines is 1. The normalized spacial score (nSPS) is 10.7. The lowest BCUT2D eigenvalue weighted by Crippen LogP contribution is -2.02. The van der Waals surface area contributed by atoms with Crippen LogP contribution in [0.5, 0.6) is 5.75 Å². The average molecular weight is 257 g/mol. The van der Waals surface area contributed by atoms with Gasteiger partial charge in [-0.15, -0.1) is 0 Å². The van der Waals surface area contributed by atoms with Crippen LogP contribution in [0.25, 0.3) is 22.2 Å². The molecule has 90 valence electrons. The molecule has 0 aliphatic rings. The van der Waals surface area contributed by atoms with Crippen LogP contribution < -0.4 is 10.2 Å². The summed E-state index contributed by atoms with van der Waals surface area (Å²) in [5, 5.41) is 4.65. The van der Waals surface area contributed by atoms with E-state index in [0.29, 0.717) is 11.1 Å². The van der Waals surface area contributed by atoms with Gasteiger partial charge in [-0.25, -0.2) is 0 Å². The highest BCUT2D eigenvalue weighted by molar-refractivity contribution is 7.08. The maximum atomic E-state index is 12.1. The third-order valence-electron chi connectivity index (χ3n) is 2.87. The van der Waals surface area contributed by atoms with E-state index in [4.69, 9.17) is 4.74 Å². The molecule has 4 heteroatoms. The second kappa shape index (κ2) is 4.31. The highest BCUT2D eigenvalue weighted by Crippen LogP contribution is 2.22. The number of pyridine rings is 1. The number of benzene rings is 1. The predicted octanol–water partition coefficient (Wildman–Crippen LogP) is 3.27. The van der Waals surface area contributed by atoms with Crippen LogP contribution in [0.1, 0.15) is 0 Å². The van der Waals surface area contributed by atoms with Crippen molar-refractivity contribution < 1.29 is 4.74 Å². The van der Waals surface area contributed by atoms with Gasteiger partial charge in [0.1, 0.15) is 5.75 Å². The van der Waals surface area contributed by atoms with Crippen LogP contribution in [0.3, 0.4) is 0 Å². The molecule has 2 heterocycles. The van der Waals surface area contributed by atoms with Gasteiger partial charge in [0.2, 0.25) is 0 Å². The fraction of sp³-hybridized carbons (Fsp3) is 0.0714. The summed E-state index contributed by atoms with van der Waals surface area (Å²) in [5.41, 5.74) is 2.71. The molecular formula is C14H11NO2S. The molecule has 0 unspecified atom stereocenters. The van der Waals surface area contributed by atoms with Crippen LogP contribution in [0.4, 0.5) is 0 Å². The molecule has 2 aromatic heterocycles. The van der Waals surface area contributed by atoms with Crippen molar-refractivity contribution in [2.24, 2.45) is 0 Å². The molecular weight excluding hydrogens is 246 g/mol. The van der Waals surface area contributed by atoms with Crippen molar-refractivity contribution in [3.05, 3.63) is 51.3 Å². The molecule has 0 radical (unpaired) electrons. The molecule has 3 aromatic rings. The van der Waals surface area contributed by atoms with Crippen molar-refractivity contribution >= 4 is 22.2 Å². The molecule has 18 heavy (non-hydrogen) atoms. The minimum atomic E-state index is 0.00356.